The molecule has 128 valence electrons. The van der Waals surface area contributed by atoms with Gasteiger partial charge in [-0.25, -0.2) is 0 Å². The molecule has 1 aromatic heterocycles. The van der Waals surface area contributed by atoms with Gasteiger partial charge in [-0.3, -0.25) is 14.9 Å². The summed E-state index contributed by atoms with van der Waals surface area (Å²) in [7, 11) is 0. The summed E-state index contributed by atoms with van der Waals surface area (Å²) in [6, 6.07) is 5.46. The summed E-state index contributed by atoms with van der Waals surface area (Å²) in [6.45, 7) is 5.95. The first kappa shape index (κ1) is 18.1. The van der Waals surface area contributed by atoms with Gasteiger partial charge in [0.2, 0.25) is 11.0 Å². The van der Waals surface area contributed by atoms with E-state index in [2.05, 4.69) is 27.8 Å². The maximum atomic E-state index is 12.1. The van der Waals surface area contributed by atoms with E-state index in [1.54, 1.807) is 6.07 Å². The van der Waals surface area contributed by atoms with Crippen molar-refractivity contribution >= 4 is 28.3 Å². The quantitative estimate of drug-likeness (QED) is 0.807. The topological polar surface area (TPSA) is 84.0 Å². The fourth-order valence-corrected chi connectivity index (χ4v) is 2.84. The van der Waals surface area contributed by atoms with E-state index in [0.29, 0.717) is 10.7 Å². The molecule has 0 saturated heterocycles. The first-order valence-corrected chi connectivity index (χ1v) is 8.79. The molecule has 0 aliphatic carbocycles. The van der Waals surface area contributed by atoms with E-state index in [9.17, 15) is 9.59 Å². The van der Waals surface area contributed by atoms with Crippen LogP contribution < -0.4 is 10.6 Å². The van der Waals surface area contributed by atoms with E-state index < -0.39 is 0 Å². The number of aryl methyl sites for hydroxylation is 3. The molecule has 2 aromatic rings. The van der Waals surface area contributed by atoms with Gasteiger partial charge >= 0.3 is 0 Å². The Morgan fingerprint density at radius 1 is 1.17 bits per heavy atom. The van der Waals surface area contributed by atoms with Crippen LogP contribution in [0.5, 0.6) is 0 Å². The van der Waals surface area contributed by atoms with E-state index in [1.807, 2.05) is 26.0 Å². The number of benzene rings is 1. The van der Waals surface area contributed by atoms with Gasteiger partial charge in [-0.2, -0.15) is 0 Å². The van der Waals surface area contributed by atoms with Gasteiger partial charge in [-0.05, 0) is 43.5 Å². The monoisotopic (exact) mass is 346 g/mol. The van der Waals surface area contributed by atoms with Crippen molar-refractivity contribution < 1.29 is 9.59 Å². The molecule has 1 heterocycles. The van der Waals surface area contributed by atoms with Crippen LogP contribution in [-0.4, -0.2) is 28.6 Å². The molecule has 0 aliphatic heterocycles. The second-order valence-corrected chi connectivity index (χ2v) is 6.70. The third-order valence-corrected chi connectivity index (χ3v) is 4.53. The van der Waals surface area contributed by atoms with Crippen LogP contribution in [0.4, 0.5) is 5.13 Å². The van der Waals surface area contributed by atoms with Crippen molar-refractivity contribution in [1.82, 2.24) is 15.5 Å². The third kappa shape index (κ3) is 5.13. The number of anilines is 1. The molecule has 2 rings (SSSR count). The van der Waals surface area contributed by atoms with Gasteiger partial charge in [0.25, 0.3) is 5.91 Å². The zero-order chi connectivity index (χ0) is 17.5. The number of carbonyl (C=O) groups is 2. The highest BCUT2D eigenvalue weighted by Crippen LogP contribution is 2.16. The summed E-state index contributed by atoms with van der Waals surface area (Å²) in [5, 5.41) is 14.6. The van der Waals surface area contributed by atoms with Gasteiger partial charge in [0.15, 0.2) is 0 Å². The van der Waals surface area contributed by atoms with Crippen LogP contribution in [-0.2, 0) is 11.2 Å². The molecule has 0 spiro atoms. The van der Waals surface area contributed by atoms with Crippen LogP contribution in [0.15, 0.2) is 18.2 Å². The van der Waals surface area contributed by atoms with Gasteiger partial charge in [-0.15, -0.1) is 10.2 Å². The lowest BCUT2D eigenvalue weighted by Gasteiger charge is -2.07. The highest BCUT2D eigenvalue weighted by atomic mass is 32.1. The number of rotatable bonds is 7. The van der Waals surface area contributed by atoms with Crippen LogP contribution in [0.2, 0.25) is 0 Å². The summed E-state index contributed by atoms with van der Waals surface area (Å²) >= 11 is 1.37. The Hall–Kier alpha value is -2.28. The zero-order valence-corrected chi connectivity index (χ0v) is 15.0. The standard InChI is InChI=1S/C17H22N4O2S/c1-4-5-6-15-20-21-17(24-15)19-14(22)10-18-16(23)13-8-7-11(2)12(3)9-13/h7-9H,4-6,10H2,1-3H3,(H,18,23)(H,19,21,22). The number of hydrogen-bond acceptors (Lipinski definition) is 5. The summed E-state index contributed by atoms with van der Waals surface area (Å²) in [4.78, 5) is 24.0. The molecule has 24 heavy (non-hydrogen) atoms. The first-order valence-electron chi connectivity index (χ1n) is 7.97. The van der Waals surface area contributed by atoms with E-state index in [0.717, 1.165) is 35.4 Å². The van der Waals surface area contributed by atoms with Crippen molar-refractivity contribution in [1.29, 1.82) is 0 Å². The van der Waals surface area contributed by atoms with Crippen LogP contribution >= 0.6 is 11.3 Å². The molecule has 2 N–H and O–H groups in total. The van der Waals surface area contributed by atoms with Gasteiger partial charge in [-0.1, -0.05) is 30.7 Å². The Bertz CT molecular complexity index is 727. The van der Waals surface area contributed by atoms with Crippen molar-refractivity contribution in [3.63, 3.8) is 0 Å². The largest absolute Gasteiger partial charge is 0.343 e. The van der Waals surface area contributed by atoms with Gasteiger partial charge < -0.3 is 5.32 Å². The third-order valence-electron chi connectivity index (χ3n) is 3.64. The van der Waals surface area contributed by atoms with E-state index in [1.165, 1.54) is 11.3 Å². The Labute approximate surface area is 145 Å². The summed E-state index contributed by atoms with van der Waals surface area (Å²) < 4.78 is 0. The number of carbonyl (C=O) groups excluding carboxylic acids is 2. The molecule has 7 heteroatoms. The average Bonchev–Trinajstić information content (AvgIpc) is 3.00. The zero-order valence-electron chi connectivity index (χ0n) is 14.2. The number of hydrogen-bond donors (Lipinski definition) is 2. The van der Waals surface area contributed by atoms with Gasteiger partial charge in [0.1, 0.15) is 5.01 Å². The normalized spacial score (nSPS) is 10.5. The number of aromatic nitrogens is 2. The maximum absolute atomic E-state index is 12.1. The number of unbranched alkanes of at least 4 members (excludes halogenated alkanes) is 1. The van der Waals surface area contributed by atoms with Crippen molar-refractivity contribution in [2.24, 2.45) is 0 Å². The Morgan fingerprint density at radius 2 is 1.96 bits per heavy atom. The molecule has 0 fully saturated rings. The molecule has 0 unspecified atom stereocenters. The predicted octanol–water partition coefficient (Wildman–Crippen LogP) is 2.87. The number of nitrogens with one attached hydrogen (secondary N) is 2. The molecule has 0 aliphatic rings. The van der Waals surface area contributed by atoms with Crippen LogP contribution in [0.3, 0.4) is 0 Å². The second kappa shape index (κ2) is 8.54. The SMILES string of the molecule is CCCCc1nnc(NC(=O)CNC(=O)c2ccc(C)c(C)c2)s1. The Morgan fingerprint density at radius 3 is 2.67 bits per heavy atom. The number of amides is 2. The summed E-state index contributed by atoms with van der Waals surface area (Å²) in [6.07, 6.45) is 3.01. The van der Waals surface area contributed by atoms with E-state index >= 15 is 0 Å². The molecule has 0 atom stereocenters. The van der Waals surface area contributed by atoms with Crippen LogP contribution in [0, 0.1) is 13.8 Å². The predicted molar refractivity (Wildman–Crippen MR) is 95.4 cm³/mol. The highest BCUT2D eigenvalue weighted by Gasteiger charge is 2.11. The van der Waals surface area contributed by atoms with Gasteiger partial charge in [0.05, 0.1) is 6.54 Å². The lowest BCUT2D eigenvalue weighted by atomic mass is 10.1. The fraction of sp³-hybridized carbons (Fsp3) is 0.412. The van der Waals surface area contributed by atoms with Crippen molar-refractivity contribution in [3.05, 3.63) is 39.9 Å². The molecule has 0 radical (unpaired) electrons. The van der Waals surface area contributed by atoms with Gasteiger partial charge in [0, 0.05) is 12.0 Å². The lowest BCUT2D eigenvalue weighted by molar-refractivity contribution is -0.115. The lowest BCUT2D eigenvalue weighted by Crippen LogP contribution is -2.32. The minimum atomic E-state index is -0.314. The highest BCUT2D eigenvalue weighted by molar-refractivity contribution is 7.15. The molecular formula is C17H22N4O2S. The Balaban J connectivity index is 1.83. The number of nitrogens with zero attached hydrogens (tertiary/aromatic N) is 2. The van der Waals surface area contributed by atoms with Crippen LogP contribution in [0.1, 0.15) is 46.3 Å². The van der Waals surface area contributed by atoms with Crippen molar-refractivity contribution in [2.45, 2.75) is 40.0 Å². The first-order chi connectivity index (χ1) is 11.5. The molecule has 6 nitrogen and oxygen atoms in total. The molecule has 0 saturated carbocycles. The minimum Gasteiger partial charge on any atom is -0.343 e. The minimum absolute atomic E-state index is 0.102. The fourth-order valence-electron chi connectivity index (χ4n) is 2.04. The molecule has 2 amide bonds. The second-order valence-electron chi connectivity index (χ2n) is 5.63. The van der Waals surface area contributed by atoms with E-state index in [4.69, 9.17) is 0 Å². The molecule has 1 aromatic carbocycles. The van der Waals surface area contributed by atoms with E-state index in [-0.39, 0.29) is 18.4 Å². The molecular weight excluding hydrogens is 324 g/mol. The summed E-state index contributed by atoms with van der Waals surface area (Å²) in [5.41, 5.74) is 2.71. The van der Waals surface area contributed by atoms with Crippen LogP contribution in [0.25, 0.3) is 0 Å². The summed E-state index contributed by atoms with van der Waals surface area (Å²) in [5.74, 6) is -0.584. The maximum Gasteiger partial charge on any atom is 0.251 e. The average molecular weight is 346 g/mol. The Kier molecular flexibility index (Phi) is 6.43. The van der Waals surface area contributed by atoms with Crippen molar-refractivity contribution in [3.8, 4) is 0 Å². The molecule has 0 bridgehead atoms. The smallest absolute Gasteiger partial charge is 0.251 e. The van der Waals surface area contributed by atoms with Crippen molar-refractivity contribution in [2.75, 3.05) is 11.9 Å².